The van der Waals surface area contributed by atoms with Gasteiger partial charge >= 0.3 is 0 Å². The van der Waals surface area contributed by atoms with Gasteiger partial charge in [0, 0.05) is 25.3 Å². The summed E-state index contributed by atoms with van der Waals surface area (Å²) in [4.78, 5) is 2.76. The summed E-state index contributed by atoms with van der Waals surface area (Å²) in [7, 11) is -3.42. The zero-order valence-corrected chi connectivity index (χ0v) is 15.5. The Morgan fingerprint density at radius 1 is 1.04 bits per heavy atom. The van der Waals surface area contributed by atoms with Crippen LogP contribution in [0.3, 0.4) is 0 Å². The molecule has 0 amide bonds. The molecule has 1 aromatic carbocycles. The summed E-state index contributed by atoms with van der Waals surface area (Å²) < 4.78 is 33.1. The summed E-state index contributed by atoms with van der Waals surface area (Å²) in [5.41, 5.74) is 2.78. The topological polar surface area (TPSA) is 49.9 Å². The van der Waals surface area contributed by atoms with E-state index in [2.05, 4.69) is 4.90 Å². The quantitative estimate of drug-likeness (QED) is 0.841. The van der Waals surface area contributed by atoms with Crippen LogP contribution in [0.2, 0.25) is 0 Å². The number of piperidine rings is 1. The molecule has 24 heavy (non-hydrogen) atoms. The third-order valence-corrected chi connectivity index (χ3v) is 7.12. The average Bonchev–Trinajstić information content (AvgIpc) is 2.54. The highest BCUT2D eigenvalue weighted by Crippen LogP contribution is 2.28. The summed E-state index contributed by atoms with van der Waals surface area (Å²) in [6.45, 7) is 8.50. The van der Waals surface area contributed by atoms with Crippen LogP contribution in [0.25, 0.3) is 0 Å². The molecule has 0 N–H and O–H groups in total. The van der Waals surface area contributed by atoms with E-state index in [1.807, 2.05) is 39.1 Å². The van der Waals surface area contributed by atoms with Crippen LogP contribution in [-0.4, -0.2) is 49.9 Å². The monoisotopic (exact) mass is 350 g/mol. The van der Waals surface area contributed by atoms with Crippen LogP contribution in [0.4, 0.5) is 0 Å². The second-order valence-corrected chi connectivity index (χ2v) is 8.63. The van der Waals surface area contributed by atoms with Crippen LogP contribution in [-0.2, 0) is 14.8 Å². The molecule has 0 radical (unpaired) electrons. The van der Waals surface area contributed by atoms with Gasteiger partial charge < -0.3 is 9.64 Å². The van der Waals surface area contributed by atoms with Gasteiger partial charge in [0.25, 0.3) is 0 Å². The summed E-state index contributed by atoms with van der Waals surface area (Å²) in [5, 5.41) is 0. The molecule has 2 aliphatic rings. The van der Waals surface area contributed by atoms with Crippen molar-refractivity contribution in [2.45, 2.75) is 44.6 Å². The zero-order valence-electron chi connectivity index (χ0n) is 14.7. The van der Waals surface area contributed by atoms with E-state index in [1.54, 1.807) is 10.6 Å². The summed E-state index contributed by atoms with van der Waals surface area (Å²) in [6.07, 6.45) is 5.42. The van der Waals surface area contributed by atoms with Crippen molar-refractivity contribution in [1.29, 1.82) is 0 Å². The number of hydrogen-bond donors (Lipinski definition) is 0. The average molecular weight is 350 g/mol. The maximum Gasteiger partial charge on any atom is 0.243 e. The third-order valence-electron chi connectivity index (χ3n) is 4.91. The van der Waals surface area contributed by atoms with Crippen molar-refractivity contribution >= 4 is 10.0 Å². The number of nitrogens with zero attached hydrogens (tertiary/aromatic N) is 2. The first-order valence-electron chi connectivity index (χ1n) is 8.51. The number of rotatable bonds is 3. The SMILES string of the molecule is Cc1cc(C)c(S(=O)(=O)N2CCC(N3C=COCC3)CC2)c(C)c1. The Balaban J connectivity index is 1.76. The molecule has 1 saturated heterocycles. The van der Waals surface area contributed by atoms with Gasteiger partial charge in [0.05, 0.1) is 17.7 Å². The summed E-state index contributed by atoms with van der Waals surface area (Å²) in [6, 6.07) is 4.30. The molecule has 1 aromatic rings. The van der Waals surface area contributed by atoms with E-state index >= 15 is 0 Å². The molecule has 0 spiro atoms. The van der Waals surface area contributed by atoms with Crippen molar-refractivity contribution < 1.29 is 13.2 Å². The Morgan fingerprint density at radius 3 is 2.21 bits per heavy atom. The Kier molecular flexibility index (Phi) is 4.88. The highest BCUT2D eigenvalue weighted by atomic mass is 32.2. The van der Waals surface area contributed by atoms with Gasteiger partial charge in [-0.25, -0.2) is 8.42 Å². The Bertz CT molecular complexity index is 712. The first kappa shape index (κ1) is 17.3. The summed E-state index contributed by atoms with van der Waals surface area (Å²) in [5.74, 6) is 0. The molecule has 5 nitrogen and oxygen atoms in total. The van der Waals surface area contributed by atoms with Crippen LogP contribution in [0, 0.1) is 20.8 Å². The second kappa shape index (κ2) is 6.76. The zero-order chi connectivity index (χ0) is 17.3. The van der Waals surface area contributed by atoms with Crippen molar-refractivity contribution in [3.8, 4) is 0 Å². The third kappa shape index (κ3) is 3.30. The lowest BCUT2D eigenvalue weighted by atomic mass is 10.1. The van der Waals surface area contributed by atoms with Gasteiger partial charge in [0.1, 0.15) is 6.61 Å². The number of aryl methyl sites for hydroxylation is 3. The normalized spacial score (nSPS) is 20.2. The molecule has 0 bridgehead atoms. The second-order valence-electron chi connectivity index (χ2n) is 6.76. The van der Waals surface area contributed by atoms with E-state index in [0.29, 0.717) is 30.6 Å². The van der Waals surface area contributed by atoms with Gasteiger partial charge in [-0.05, 0) is 44.7 Å². The minimum absolute atomic E-state index is 0.400. The van der Waals surface area contributed by atoms with Crippen LogP contribution in [0.5, 0.6) is 0 Å². The number of hydrogen-bond acceptors (Lipinski definition) is 4. The van der Waals surface area contributed by atoms with Crippen molar-refractivity contribution in [1.82, 2.24) is 9.21 Å². The molecule has 0 atom stereocenters. The highest BCUT2D eigenvalue weighted by molar-refractivity contribution is 7.89. The lowest BCUT2D eigenvalue weighted by Crippen LogP contribution is -2.46. The van der Waals surface area contributed by atoms with E-state index in [-0.39, 0.29) is 0 Å². The number of sulfonamides is 1. The Hall–Kier alpha value is -1.53. The van der Waals surface area contributed by atoms with Gasteiger partial charge in [-0.2, -0.15) is 4.31 Å². The molecule has 132 valence electrons. The van der Waals surface area contributed by atoms with Crippen LogP contribution in [0.1, 0.15) is 29.5 Å². The maximum absolute atomic E-state index is 13.1. The first-order chi connectivity index (χ1) is 11.4. The van der Waals surface area contributed by atoms with Gasteiger partial charge in [-0.1, -0.05) is 17.7 Å². The van der Waals surface area contributed by atoms with Crippen LogP contribution in [0.15, 0.2) is 29.5 Å². The van der Waals surface area contributed by atoms with Crippen molar-refractivity contribution in [3.63, 3.8) is 0 Å². The van der Waals surface area contributed by atoms with Gasteiger partial charge in [-0.3, -0.25) is 0 Å². The van der Waals surface area contributed by atoms with E-state index < -0.39 is 10.0 Å². The molecule has 6 heteroatoms. The molecule has 0 saturated carbocycles. The predicted octanol–water partition coefficient (Wildman–Crippen LogP) is 2.57. The standard InChI is InChI=1S/C18H26N2O3S/c1-14-12-15(2)18(16(3)13-14)24(21,22)20-6-4-17(5-7-20)19-8-10-23-11-9-19/h8,10,12-13,17H,4-7,9,11H2,1-3H3. The highest BCUT2D eigenvalue weighted by Gasteiger charge is 2.33. The van der Waals surface area contributed by atoms with Crippen molar-refractivity contribution in [2.24, 2.45) is 0 Å². The molecule has 2 aliphatic heterocycles. The molecular formula is C18H26N2O3S. The van der Waals surface area contributed by atoms with E-state index in [1.165, 1.54) is 0 Å². The van der Waals surface area contributed by atoms with E-state index in [9.17, 15) is 8.42 Å². The molecule has 3 rings (SSSR count). The maximum atomic E-state index is 13.1. The first-order valence-corrected chi connectivity index (χ1v) is 9.95. The Labute approximate surface area is 145 Å². The summed E-state index contributed by atoms with van der Waals surface area (Å²) >= 11 is 0. The Morgan fingerprint density at radius 2 is 1.67 bits per heavy atom. The van der Waals surface area contributed by atoms with E-state index in [0.717, 1.165) is 36.1 Å². The predicted molar refractivity (Wildman–Crippen MR) is 94.2 cm³/mol. The lowest BCUT2D eigenvalue weighted by Gasteiger charge is -2.38. The molecule has 0 aromatic heterocycles. The fourth-order valence-electron chi connectivity index (χ4n) is 3.84. The number of benzene rings is 1. The largest absolute Gasteiger partial charge is 0.498 e. The van der Waals surface area contributed by atoms with Crippen LogP contribution >= 0.6 is 0 Å². The molecule has 1 fully saturated rings. The minimum Gasteiger partial charge on any atom is -0.498 e. The van der Waals surface area contributed by atoms with Crippen LogP contribution < -0.4 is 0 Å². The van der Waals surface area contributed by atoms with Gasteiger partial charge in [0.15, 0.2) is 0 Å². The molecular weight excluding hydrogens is 324 g/mol. The van der Waals surface area contributed by atoms with Crippen molar-refractivity contribution in [2.75, 3.05) is 26.2 Å². The van der Waals surface area contributed by atoms with E-state index in [4.69, 9.17) is 4.74 Å². The fourth-order valence-corrected chi connectivity index (χ4v) is 5.72. The molecule has 0 unspecified atom stereocenters. The van der Waals surface area contributed by atoms with Gasteiger partial charge in [0.2, 0.25) is 10.0 Å². The molecule has 0 aliphatic carbocycles. The smallest absolute Gasteiger partial charge is 0.243 e. The van der Waals surface area contributed by atoms with Gasteiger partial charge in [-0.15, -0.1) is 0 Å². The number of ether oxygens (including phenoxy) is 1. The van der Waals surface area contributed by atoms with Crippen molar-refractivity contribution in [3.05, 3.63) is 41.3 Å². The fraction of sp³-hybridized carbons (Fsp3) is 0.556. The molecule has 2 heterocycles. The lowest BCUT2D eigenvalue weighted by molar-refractivity contribution is 0.119. The minimum atomic E-state index is -3.42.